The normalized spacial score (nSPS) is 28.0. The van der Waals surface area contributed by atoms with Crippen molar-refractivity contribution in [3.05, 3.63) is 0 Å². The summed E-state index contributed by atoms with van der Waals surface area (Å²) in [5.74, 6) is 0. The van der Waals surface area contributed by atoms with Crippen LogP contribution in [0.4, 0.5) is 2.86 Å². The number of halogens is 4. The quantitative estimate of drug-likeness (QED) is 0.417. The number of hydrogen-bond acceptors (Lipinski definition) is 1. The predicted octanol–water partition coefficient (Wildman–Crippen LogP) is -1.63. The van der Waals surface area contributed by atoms with Crippen molar-refractivity contribution in [2.45, 2.75) is 0 Å². The summed E-state index contributed by atoms with van der Waals surface area (Å²) < 4.78 is 15.9. The molecule has 0 aliphatic rings. The average molecular weight is 277 g/mol. The molecule has 0 spiro atoms. The van der Waals surface area contributed by atoms with E-state index in [1.54, 1.807) is 0 Å². The summed E-state index contributed by atoms with van der Waals surface area (Å²) in [5.41, 5.74) is 0. The van der Waals surface area contributed by atoms with Crippen molar-refractivity contribution in [3.63, 3.8) is 0 Å². The molecule has 0 saturated carbocycles. The molecule has 5 heavy (non-hydrogen) atoms. The Morgan fingerprint density at radius 1 is 2.00 bits per heavy atom. The molecule has 0 rings (SSSR count). The van der Waals surface area contributed by atoms with E-state index in [0.29, 0.717) is 0 Å². The van der Waals surface area contributed by atoms with Gasteiger partial charge in [-0.25, -0.2) is 0 Å². The fraction of sp³-hybridized carbons (Fsp3) is 0. The van der Waals surface area contributed by atoms with Crippen molar-refractivity contribution in [1.29, 1.82) is 0 Å². The van der Waals surface area contributed by atoms with E-state index in [1.807, 2.05) is 0 Å². The van der Waals surface area contributed by atoms with Crippen molar-refractivity contribution in [1.82, 2.24) is 0 Å². The molecule has 0 heterocycles. The predicted molar refractivity (Wildman–Crippen MR) is 20.1 cm³/mol. The van der Waals surface area contributed by atoms with Gasteiger partial charge in [-0.15, -0.1) is 0 Å². The van der Waals surface area contributed by atoms with Gasteiger partial charge in [0.2, 0.25) is 0 Å². The van der Waals surface area contributed by atoms with E-state index < -0.39 is 15.9 Å². The van der Waals surface area contributed by atoms with Crippen molar-refractivity contribution in [3.8, 4) is 0 Å². The Morgan fingerprint density at radius 2 is 2.00 bits per heavy atom. The van der Waals surface area contributed by atoms with E-state index in [4.69, 9.17) is 8.91 Å². The van der Waals surface area contributed by atoms with Crippen molar-refractivity contribution >= 4 is 21.6 Å². The van der Waals surface area contributed by atoms with E-state index >= 15 is 0 Å². The molecule has 1 nitrogen and oxygen atoms in total. The van der Waals surface area contributed by atoms with Crippen LogP contribution in [0.1, 0.15) is 0 Å². The molecule has 1 atom stereocenters. The zero-order valence-corrected chi connectivity index (χ0v) is 6.59. The average Bonchev–Trinajstić information content (AvgIpc) is 0.722. The van der Waals surface area contributed by atoms with Crippen molar-refractivity contribution < 1.29 is 18.8 Å². The summed E-state index contributed by atoms with van der Waals surface area (Å²) in [5, 5.41) is 0. The first-order valence-corrected chi connectivity index (χ1v) is 10.3. The van der Waals surface area contributed by atoms with Crippen LogP contribution in [0.15, 0.2) is 0 Å². The summed E-state index contributed by atoms with van der Waals surface area (Å²) in [4.78, 5) is 0. The zero-order chi connectivity index (χ0) is 4.50. The first kappa shape index (κ1) is 6.39. The van der Waals surface area contributed by atoms with E-state index in [1.165, 1.54) is 0 Å². The van der Waals surface area contributed by atoms with Crippen LogP contribution in [-0.2, 0) is 0 Å². The summed E-state index contributed by atoms with van der Waals surface area (Å²) in [7, 11) is 4.74. The molecular weight excluding hydrogens is 275 g/mol. The van der Waals surface area contributed by atoms with Crippen molar-refractivity contribution in [2.75, 3.05) is 0 Å². The van der Waals surface area contributed by atoms with E-state index in [2.05, 4.69) is 16.6 Å². The molecule has 5 heteroatoms. The van der Waals surface area contributed by atoms with Gasteiger partial charge in [0.05, 0.1) is 0 Å². The molecule has 0 aromatic carbocycles. The Hall–Kier alpha value is 1.39. The third kappa shape index (κ3) is 32.1. The SMILES string of the molecule is N[I-](F)(Cl)Br. The van der Waals surface area contributed by atoms with Crippen LogP contribution in [0, 0.1) is 0 Å². The molecule has 0 radical (unpaired) electrons. The van der Waals surface area contributed by atoms with Gasteiger partial charge in [0.1, 0.15) is 0 Å². The van der Waals surface area contributed by atoms with Crippen LogP contribution in [0.5, 0.6) is 0 Å². The second kappa shape index (κ2) is 1.90. The summed E-state index contributed by atoms with van der Waals surface area (Å²) in [6, 6.07) is 0. The minimum absolute atomic E-state index is 2.43. The van der Waals surface area contributed by atoms with Gasteiger partial charge in [-0.1, -0.05) is 0 Å². The third-order valence-electron chi connectivity index (χ3n) is 0. The summed E-state index contributed by atoms with van der Waals surface area (Å²) in [6.07, 6.45) is 0. The van der Waals surface area contributed by atoms with Gasteiger partial charge in [-0.2, -0.15) is 0 Å². The topological polar surface area (TPSA) is 26.0 Å². The van der Waals surface area contributed by atoms with E-state index in [0.717, 1.165) is 0 Å². The molecule has 0 fully saturated rings. The summed E-state index contributed by atoms with van der Waals surface area (Å²) >= 11 is -1.22. The summed E-state index contributed by atoms with van der Waals surface area (Å²) in [6.45, 7) is 0. The van der Waals surface area contributed by atoms with Gasteiger partial charge >= 0.3 is 44.3 Å². The molecule has 2 N–H and O–H groups in total. The van der Waals surface area contributed by atoms with Gasteiger partial charge in [-0.3, -0.25) is 0 Å². The van der Waals surface area contributed by atoms with Crippen LogP contribution in [-0.4, -0.2) is 0 Å². The molecule has 0 amide bonds. The van der Waals surface area contributed by atoms with E-state index in [9.17, 15) is 2.86 Å². The molecular formula is H2BrClFIN-. The molecule has 0 aliphatic heterocycles. The first-order valence-electron chi connectivity index (χ1n) is 0.647. The fourth-order valence-corrected chi connectivity index (χ4v) is 0. The van der Waals surface area contributed by atoms with Crippen LogP contribution >= 0.6 is 21.6 Å². The third-order valence-corrected chi connectivity index (χ3v) is 0. The fourth-order valence-electron chi connectivity index (χ4n) is 0. The van der Waals surface area contributed by atoms with Crippen LogP contribution in [0.3, 0.4) is 0 Å². The van der Waals surface area contributed by atoms with Gasteiger partial charge in [0.25, 0.3) is 0 Å². The minimum atomic E-state index is -3.66. The number of nitrogens with two attached hydrogens (primary N) is 1. The van der Waals surface area contributed by atoms with Crippen LogP contribution in [0.25, 0.3) is 0 Å². The maximum absolute atomic E-state index is 11.3. The number of rotatable bonds is 0. The zero-order valence-electron chi connectivity index (χ0n) is 2.09. The maximum atomic E-state index is 11.3. The molecule has 0 saturated heterocycles. The first-order chi connectivity index (χ1) is 2.00. The Bertz CT molecular complexity index is 27.1. The Kier molecular flexibility index (Phi) is 2.43. The Labute approximate surface area is 44.2 Å². The molecule has 1 unspecified atom stereocenters. The van der Waals surface area contributed by atoms with Crippen molar-refractivity contribution in [2.24, 2.45) is 3.95 Å². The second-order valence-corrected chi connectivity index (χ2v) is 13.7. The van der Waals surface area contributed by atoms with E-state index in [-0.39, 0.29) is 0 Å². The standard InChI is InChI=1S/BrClFH2IN/c1-4(2,3)5/h5H2/q-1. The Morgan fingerprint density at radius 3 is 2.00 bits per heavy atom. The van der Waals surface area contributed by atoms with Gasteiger partial charge < -0.3 is 0 Å². The van der Waals surface area contributed by atoms with Gasteiger partial charge in [-0.05, 0) is 0 Å². The molecule has 36 valence electrons. The molecule has 0 bridgehead atoms. The number of hydrogen-bond donors (Lipinski definition) is 1. The molecule has 0 aromatic heterocycles. The molecule has 0 aliphatic carbocycles. The van der Waals surface area contributed by atoms with Crippen LogP contribution in [0.2, 0.25) is 0 Å². The Balaban J connectivity index is 3.02. The van der Waals surface area contributed by atoms with Gasteiger partial charge in [0.15, 0.2) is 0 Å². The molecule has 0 aromatic rings. The monoisotopic (exact) mass is 276 g/mol. The van der Waals surface area contributed by atoms with Gasteiger partial charge in [0, 0.05) is 0 Å². The second-order valence-electron chi connectivity index (χ2n) is 0.409. The van der Waals surface area contributed by atoms with Crippen LogP contribution < -0.4 is 19.9 Å².